The summed E-state index contributed by atoms with van der Waals surface area (Å²) in [5.74, 6) is 5.28. The van der Waals surface area contributed by atoms with Crippen molar-refractivity contribution in [2.45, 2.75) is 40.2 Å². The lowest BCUT2D eigenvalue weighted by molar-refractivity contribution is 0.102. The van der Waals surface area contributed by atoms with Crippen molar-refractivity contribution in [2.75, 3.05) is 25.1 Å². The number of aromatic nitrogens is 2. The molecule has 1 heterocycles. The number of aryl methyl sites for hydroxylation is 3. The molecule has 0 spiro atoms. The van der Waals surface area contributed by atoms with Crippen LogP contribution in [0, 0.1) is 26.7 Å². The number of amidine groups is 1. The first-order chi connectivity index (χ1) is 17.4. The summed E-state index contributed by atoms with van der Waals surface area (Å²) in [5.41, 5.74) is 13.9. The smallest absolute Gasteiger partial charge is 0.316 e. The Hall–Kier alpha value is -3.69. The van der Waals surface area contributed by atoms with E-state index in [0.29, 0.717) is 18.8 Å². The van der Waals surface area contributed by atoms with Gasteiger partial charge in [0.25, 0.3) is 0 Å². The third kappa shape index (κ3) is 6.93. The molecule has 192 valence electrons. The van der Waals surface area contributed by atoms with Crippen LogP contribution in [0.5, 0.6) is 6.01 Å². The Morgan fingerprint density at radius 1 is 1.03 bits per heavy atom. The Bertz CT molecular complexity index is 1150. The number of hydrogen-bond acceptors (Lipinski definition) is 8. The van der Waals surface area contributed by atoms with Gasteiger partial charge in [0.1, 0.15) is 5.84 Å². The number of hydrazone groups is 1. The number of anilines is 1. The van der Waals surface area contributed by atoms with Gasteiger partial charge in [-0.05, 0) is 61.6 Å². The van der Waals surface area contributed by atoms with Crippen molar-refractivity contribution in [1.82, 2.24) is 9.97 Å². The van der Waals surface area contributed by atoms with Gasteiger partial charge in [0.15, 0.2) is 0 Å². The van der Waals surface area contributed by atoms with E-state index in [9.17, 15) is 10.2 Å². The standard InChI is InChI=1S/C27H36N6O3/c1-17-22(13-30-23-10-7-20(8-11-23)9-12-25(28)33-29)5-4-6-24(17)26-18(2)31-27(32-19(26)3)36-16-21(14-34)15-35/h4-8,10-11,21,30,34-35H,9,12-16,29H2,1-3H3,(H2,28,33). The molecule has 0 unspecified atom stereocenters. The maximum atomic E-state index is 9.24. The molecule has 2 aromatic carbocycles. The molecule has 0 bridgehead atoms. The van der Waals surface area contributed by atoms with Crippen LogP contribution in [0.25, 0.3) is 11.1 Å². The quantitative estimate of drug-likeness (QED) is 0.112. The third-order valence-corrected chi connectivity index (χ3v) is 6.20. The zero-order valence-corrected chi connectivity index (χ0v) is 21.2. The minimum atomic E-state index is -0.360. The predicted octanol–water partition coefficient (Wildman–Crippen LogP) is 2.82. The van der Waals surface area contributed by atoms with Crippen molar-refractivity contribution in [2.24, 2.45) is 22.6 Å². The lowest BCUT2D eigenvalue weighted by atomic mass is 9.94. The van der Waals surface area contributed by atoms with Gasteiger partial charge in [-0.1, -0.05) is 30.3 Å². The van der Waals surface area contributed by atoms with Gasteiger partial charge in [-0.25, -0.2) is 0 Å². The number of aliphatic hydroxyl groups excluding tert-OH is 2. The van der Waals surface area contributed by atoms with Crippen molar-refractivity contribution in [3.05, 3.63) is 70.5 Å². The van der Waals surface area contributed by atoms with Gasteiger partial charge >= 0.3 is 6.01 Å². The number of nitrogens with one attached hydrogen (secondary N) is 1. The molecule has 0 saturated carbocycles. The van der Waals surface area contributed by atoms with Crippen LogP contribution in [0.15, 0.2) is 47.6 Å². The Balaban J connectivity index is 1.72. The van der Waals surface area contributed by atoms with Crippen LogP contribution in [0.1, 0.15) is 34.5 Å². The summed E-state index contributed by atoms with van der Waals surface area (Å²) in [7, 11) is 0. The van der Waals surface area contributed by atoms with Crippen LogP contribution in [-0.2, 0) is 13.0 Å². The van der Waals surface area contributed by atoms with Gasteiger partial charge in [-0.2, -0.15) is 15.1 Å². The number of hydrogen-bond donors (Lipinski definition) is 5. The first-order valence-electron chi connectivity index (χ1n) is 12.0. The minimum Gasteiger partial charge on any atom is -0.463 e. The van der Waals surface area contributed by atoms with E-state index < -0.39 is 0 Å². The van der Waals surface area contributed by atoms with Crippen LogP contribution in [0.3, 0.4) is 0 Å². The molecule has 36 heavy (non-hydrogen) atoms. The molecule has 3 rings (SSSR count). The zero-order valence-electron chi connectivity index (χ0n) is 21.2. The fourth-order valence-electron chi connectivity index (χ4n) is 3.96. The summed E-state index contributed by atoms with van der Waals surface area (Å²) >= 11 is 0. The molecule has 0 saturated heterocycles. The second kappa shape index (κ2) is 12.9. The van der Waals surface area contributed by atoms with E-state index in [1.807, 2.05) is 19.9 Å². The molecule has 0 aliphatic carbocycles. The first kappa shape index (κ1) is 26.9. The van der Waals surface area contributed by atoms with Crippen LogP contribution in [-0.4, -0.2) is 45.8 Å². The van der Waals surface area contributed by atoms with Gasteiger partial charge in [-0.15, -0.1) is 0 Å². The second-order valence-electron chi connectivity index (χ2n) is 8.85. The molecule has 0 radical (unpaired) electrons. The molecular formula is C27H36N6O3. The summed E-state index contributed by atoms with van der Waals surface area (Å²) < 4.78 is 5.62. The minimum absolute atomic E-state index is 0.155. The van der Waals surface area contributed by atoms with Crippen molar-refractivity contribution in [3.8, 4) is 17.1 Å². The van der Waals surface area contributed by atoms with Crippen molar-refractivity contribution in [1.29, 1.82) is 0 Å². The molecule has 0 fully saturated rings. The molecule has 0 aliphatic rings. The van der Waals surface area contributed by atoms with E-state index in [4.69, 9.17) is 16.3 Å². The summed E-state index contributed by atoms with van der Waals surface area (Å²) in [6.45, 7) is 6.50. The Labute approximate surface area is 212 Å². The molecule has 9 heteroatoms. The number of nitrogens with two attached hydrogens (primary N) is 2. The summed E-state index contributed by atoms with van der Waals surface area (Å²) in [5, 5.41) is 25.5. The highest BCUT2D eigenvalue weighted by Gasteiger charge is 2.16. The van der Waals surface area contributed by atoms with Crippen molar-refractivity contribution < 1.29 is 14.9 Å². The lowest BCUT2D eigenvalue weighted by Crippen LogP contribution is -2.20. The maximum absolute atomic E-state index is 9.24. The highest BCUT2D eigenvalue weighted by atomic mass is 16.5. The average molecular weight is 493 g/mol. The van der Waals surface area contributed by atoms with Crippen LogP contribution in [0.4, 0.5) is 5.69 Å². The number of ether oxygens (including phenoxy) is 1. The van der Waals surface area contributed by atoms with Gasteiger partial charge in [-0.3, -0.25) is 0 Å². The van der Waals surface area contributed by atoms with Crippen molar-refractivity contribution >= 4 is 11.5 Å². The molecule has 0 amide bonds. The fraction of sp³-hybridized carbons (Fsp3) is 0.370. The molecule has 9 nitrogen and oxygen atoms in total. The third-order valence-electron chi connectivity index (χ3n) is 6.20. The lowest BCUT2D eigenvalue weighted by Gasteiger charge is -2.17. The summed E-state index contributed by atoms with van der Waals surface area (Å²) in [6, 6.07) is 14.8. The fourth-order valence-corrected chi connectivity index (χ4v) is 3.96. The Morgan fingerprint density at radius 2 is 1.69 bits per heavy atom. The van der Waals surface area contributed by atoms with E-state index in [-0.39, 0.29) is 31.7 Å². The van der Waals surface area contributed by atoms with Gasteiger partial charge in [0, 0.05) is 30.1 Å². The topological polar surface area (TPSA) is 152 Å². The van der Waals surface area contributed by atoms with Gasteiger partial charge in [0.05, 0.1) is 31.2 Å². The van der Waals surface area contributed by atoms with E-state index in [1.54, 1.807) is 0 Å². The monoisotopic (exact) mass is 492 g/mol. The number of aliphatic hydroxyl groups is 2. The largest absolute Gasteiger partial charge is 0.463 e. The number of benzene rings is 2. The molecule has 0 atom stereocenters. The van der Waals surface area contributed by atoms with E-state index in [1.165, 1.54) is 11.1 Å². The van der Waals surface area contributed by atoms with Crippen LogP contribution in [0.2, 0.25) is 0 Å². The summed E-state index contributed by atoms with van der Waals surface area (Å²) in [4.78, 5) is 9.04. The summed E-state index contributed by atoms with van der Waals surface area (Å²) in [6.07, 6.45) is 1.43. The SMILES string of the molecule is Cc1nc(OCC(CO)CO)nc(C)c1-c1cccc(CNc2ccc(CC/C(N)=N/N)cc2)c1C. The molecule has 7 N–H and O–H groups in total. The molecule has 3 aromatic rings. The van der Waals surface area contributed by atoms with E-state index >= 15 is 0 Å². The molecule has 0 aliphatic heterocycles. The zero-order chi connectivity index (χ0) is 26.1. The first-order valence-corrected chi connectivity index (χ1v) is 12.0. The van der Waals surface area contributed by atoms with Gasteiger partial charge in [0.2, 0.25) is 0 Å². The number of nitrogens with zero attached hydrogens (tertiary/aromatic N) is 3. The van der Waals surface area contributed by atoms with Gasteiger partial charge < -0.3 is 31.8 Å². The molecular weight excluding hydrogens is 456 g/mol. The maximum Gasteiger partial charge on any atom is 0.316 e. The Morgan fingerprint density at radius 3 is 2.31 bits per heavy atom. The highest BCUT2D eigenvalue weighted by Crippen LogP contribution is 2.31. The van der Waals surface area contributed by atoms with Crippen LogP contribution < -0.4 is 21.6 Å². The van der Waals surface area contributed by atoms with Crippen LogP contribution >= 0.6 is 0 Å². The molecule has 1 aromatic heterocycles. The highest BCUT2D eigenvalue weighted by molar-refractivity contribution is 5.80. The predicted molar refractivity (Wildman–Crippen MR) is 143 cm³/mol. The van der Waals surface area contributed by atoms with E-state index in [0.717, 1.165) is 40.2 Å². The number of rotatable bonds is 12. The van der Waals surface area contributed by atoms with Crippen molar-refractivity contribution in [3.63, 3.8) is 0 Å². The van der Waals surface area contributed by atoms with E-state index in [2.05, 4.69) is 63.7 Å². The Kier molecular flexibility index (Phi) is 9.61. The normalized spacial score (nSPS) is 11.7. The second-order valence-corrected chi connectivity index (χ2v) is 8.85. The average Bonchev–Trinajstić information content (AvgIpc) is 2.88.